The summed E-state index contributed by atoms with van der Waals surface area (Å²) in [5, 5.41) is 3.54. The summed E-state index contributed by atoms with van der Waals surface area (Å²) in [7, 11) is 0. The molecular formula is C18H20ClNO2. The SMILES string of the molecule is Cc1ccc(O[C@H](C)C(=O)NCc2ccc(Cl)cc2)c(C)c1. The molecule has 0 saturated carbocycles. The second-order valence-corrected chi connectivity index (χ2v) is 5.81. The number of aryl methyl sites for hydroxylation is 2. The predicted octanol–water partition coefficient (Wildman–Crippen LogP) is 4.04. The van der Waals surface area contributed by atoms with Crippen LogP contribution in [0.2, 0.25) is 5.02 Å². The van der Waals surface area contributed by atoms with E-state index in [4.69, 9.17) is 16.3 Å². The van der Waals surface area contributed by atoms with Crippen LogP contribution >= 0.6 is 11.6 Å². The van der Waals surface area contributed by atoms with Crippen molar-refractivity contribution in [3.63, 3.8) is 0 Å². The van der Waals surface area contributed by atoms with Gasteiger partial charge in [0, 0.05) is 11.6 Å². The summed E-state index contributed by atoms with van der Waals surface area (Å²) >= 11 is 5.83. The van der Waals surface area contributed by atoms with Gasteiger partial charge in [-0.2, -0.15) is 0 Å². The first-order valence-electron chi connectivity index (χ1n) is 7.22. The molecule has 2 aromatic carbocycles. The van der Waals surface area contributed by atoms with Gasteiger partial charge in [0.2, 0.25) is 0 Å². The molecule has 1 atom stereocenters. The lowest BCUT2D eigenvalue weighted by molar-refractivity contribution is -0.127. The molecular weight excluding hydrogens is 298 g/mol. The zero-order chi connectivity index (χ0) is 16.1. The molecule has 0 spiro atoms. The number of halogens is 1. The van der Waals surface area contributed by atoms with E-state index in [1.54, 1.807) is 19.1 Å². The Morgan fingerprint density at radius 2 is 1.86 bits per heavy atom. The van der Waals surface area contributed by atoms with Crippen molar-refractivity contribution in [2.45, 2.75) is 33.4 Å². The van der Waals surface area contributed by atoms with E-state index < -0.39 is 6.10 Å². The number of nitrogens with one attached hydrogen (secondary N) is 1. The molecule has 0 heterocycles. The van der Waals surface area contributed by atoms with Crippen LogP contribution in [0.4, 0.5) is 0 Å². The summed E-state index contributed by atoms with van der Waals surface area (Å²) in [6, 6.07) is 13.3. The van der Waals surface area contributed by atoms with Crippen molar-refractivity contribution in [1.29, 1.82) is 0 Å². The Morgan fingerprint density at radius 3 is 2.50 bits per heavy atom. The number of rotatable bonds is 5. The van der Waals surface area contributed by atoms with E-state index in [1.807, 2.05) is 44.2 Å². The maximum absolute atomic E-state index is 12.1. The summed E-state index contributed by atoms with van der Waals surface area (Å²) in [4.78, 5) is 12.1. The summed E-state index contributed by atoms with van der Waals surface area (Å²) in [5.41, 5.74) is 3.19. The van der Waals surface area contributed by atoms with Crippen molar-refractivity contribution in [2.24, 2.45) is 0 Å². The molecule has 0 bridgehead atoms. The summed E-state index contributed by atoms with van der Waals surface area (Å²) in [6.45, 7) is 6.20. The number of carbonyl (C=O) groups is 1. The number of hydrogen-bond acceptors (Lipinski definition) is 2. The fourth-order valence-electron chi connectivity index (χ4n) is 2.11. The van der Waals surface area contributed by atoms with Crippen molar-refractivity contribution in [3.05, 3.63) is 64.2 Å². The minimum Gasteiger partial charge on any atom is -0.481 e. The number of hydrogen-bond donors (Lipinski definition) is 1. The monoisotopic (exact) mass is 317 g/mol. The van der Waals surface area contributed by atoms with Gasteiger partial charge >= 0.3 is 0 Å². The van der Waals surface area contributed by atoms with Crippen molar-refractivity contribution < 1.29 is 9.53 Å². The van der Waals surface area contributed by atoms with E-state index in [2.05, 4.69) is 5.32 Å². The maximum atomic E-state index is 12.1. The topological polar surface area (TPSA) is 38.3 Å². The van der Waals surface area contributed by atoms with Crippen LogP contribution in [-0.2, 0) is 11.3 Å². The van der Waals surface area contributed by atoms with Crippen molar-refractivity contribution in [2.75, 3.05) is 0 Å². The third kappa shape index (κ3) is 4.50. The van der Waals surface area contributed by atoms with Crippen LogP contribution in [0.1, 0.15) is 23.6 Å². The van der Waals surface area contributed by atoms with Gasteiger partial charge in [-0.25, -0.2) is 0 Å². The lowest BCUT2D eigenvalue weighted by Gasteiger charge is -2.16. The smallest absolute Gasteiger partial charge is 0.261 e. The molecule has 0 aliphatic heterocycles. The minimum atomic E-state index is -0.547. The highest BCUT2D eigenvalue weighted by Gasteiger charge is 2.15. The number of carbonyl (C=O) groups excluding carboxylic acids is 1. The van der Waals surface area contributed by atoms with Gasteiger partial charge in [-0.3, -0.25) is 4.79 Å². The molecule has 0 unspecified atom stereocenters. The second kappa shape index (κ2) is 7.32. The molecule has 0 aromatic heterocycles. The van der Waals surface area contributed by atoms with Crippen LogP contribution in [0.25, 0.3) is 0 Å². The van der Waals surface area contributed by atoms with Gasteiger partial charge in [-0.05, 0) is 50.1 Å². The Kier molecular flexibility index (Phi) is 5.45. The van der Waals surface area contributed by atoms with E-state index in [0.717, 1.165) is 16.9 Å². The molecule has 0 aliphatic rings. The van der Waals surface area contributed by atoms with Crippen LogP contribution in [0, 0.1) is 13.8 Å². The molecule has 0 radical (unpaired) electrons. The van der Waals surface area contributed by atoms with Crippen molar-refractivity contribution >= 4 is 17.5 Å². The van der Waals surface area contributed by atoms with Gasteiger partial charge in [0.05, 0.1) is 0 Å². The Labute approximate surface area is 136 Å². The standard InChI is InChI=1S/C18H20ClNO2/c1-12-4-9-17(13(2)10-12)22-14(3)18(21)20-11-15-5-7-16(19)8-6-15/h4-10,14H,11H2,1-3H3,(H,20,21)/t14-/m1/s1. The Hall–Kier alpha value is -2.00. The van der Waals surface area contributed by atoms with Crippen LogP contribution < -0.4 is 10.1 Å². The third-order valence-electron chi connectivity index (χ3n) is 3.38. The first kappa shape index (κ1) is 16.4. The van der Waals surface area contributed by atoms with Gasteiger partial charge in [0.25, 0.3) is 5.91 Å². The molecule has 0 fully saturated rings. The van der Waals surface area contributed by atoms with E-state index >= 15 is 0 Å². The summed E-state index contributed by atoms with van der Waals surface area (Å²) in [5.74, 6) is 0.592. The lowest BCUT2D eigenvalue weighted by atomic mass is 10.1. The van der Waals surface area contributed by atoms with Crippen molar-refractivity contribution in [1.82, 2.24) is 5.32 Å². The molecule has 116 valence electrons. The predicted molar refractivity (Wildman–Crippen MR) is 89.3 cm³/mol. The average Bonchev–Trinajstić information content (AvgIpc) is 2.49. The van der Waals surface area contributed by atoms with Gasteiger partial charge in [-0.1, -0.05) is 41.4 Å². The molecule has 1 amide bonds. The third-order valence-corrected chi connectivity index (χ3v) is 3.64. The zero-order valence-electron chi connectivity index (χ0n) is 13.0. The van der Waals surface area contributed by atoms with Gasteiger partial charge in [-0.15, -0.1) is 0 Å². The molecule has 2 aromatic rings. The minimum absolute atomic E-state index is 0.144. The summed E-state index contributed by atoms with van der Waals surface area (Å²) < 4.78 is 5.74. The van der Waals surface area contributed by atoms with E-state index in [-0.39, 0.29) is 5.91 Å². The molecule has 4 heteroatoms. The highest BCUT2D eigenvalue weighted by molar-refractivity contribution is 6.30. The van der Waals surface area contributed by atoms with Crippen molar-refractivity contribution in [3.8, 4) is 5.75 Å². The summed E-state index contributed by atoms with van der Waals surface area (Å²) in [6.07, 6.45) is -0.547. The van der Waals surface area contributed by atoms with Gasteiger partial charge < -0.3 is 10.1 Å². The molecule has 1 N–H and O–H groups in total. The Balaban J connectivity index is 1.90. The van der Waals surface area contributed by atoms with Gasteiger partial charge in [0.15, 0.2) is 6.10 Å². The Morgan fingerprint density at radius 1 is 1.18 bits per heavy atom. The zero-order valence-corrected chi connectivity index (χ0v) is 13.8. The van der Waals surface area contributed by atoms with Crippen LogP contribution in [0.15, 0.2) is 42.5 Å². The average molecular weight is 318 g/mol. The number of ether oxygens (including phenoxy) is 1. The van der Waals surface area contributed by atoms with Crippen LogP contribution in [0.3, 0.4) is 0 Å². The molecule has 0 saturated heterocycles. The second-order valence-electron chi connectivity index (χ2n) is 5.37. The first-order chi connectivity index (χ1) is 10.5. The van der Waals surface area contributed by atoms with Crippen LogP contribution in [-0.4, -0.2) is 12.0 Å². The molecule has 0 aliphatic carbocycles. The quantitative estimate of drug-likeness (QED) is 0.903. The lowest BCUT2D eigenvalue weighted by Crippen LogP contribution is -2.36. The molecule has 3 nitrogen and oxygen atoms in total. The molecule has 2 rings (SSSR count). The first-order valence-corrected chi connectivity index (χ1v) is 7.59. The largest absolute Gasteiger partial charge is 0.481 e. The number of benzene rings is 2. The normalized spacial score (nSPS) is 11.8. The fourth-order valence-corrected chi connectivity index (χ4v) is 2.24. The van der Waals surface area contributed by atoms with E-state index in [9.17, 15) is 4.79 Å². The van der Waals surface area contributed by atoms with E-state index in [1.165, 1.54) is 5.56 Å². The highest BCUT2D eigenvalue weighted by atomic mass is 35.5. The molecule has 22 heavy (non-hydrogen) atoms. The van der Waals surface area contributed by atoms with E-state index in [0.29, 0.717) is 11.6 Å². The maximum Gasteiger partial charge on any atom is 0.261 e. The number of amides is 1. The van der Waals surface area contributed by atoms with Crippen LogP contribution in [0.5, 0.6) is 5.75 Å². The Bertz CT molecular complexity index is 653. The highest BCUT2D eigenvalue weighted by Crippen LogP contribution is 2.20. The van der Waals surface area contributed by atoms with Gasteiger partial charge in [0.1, 0.15) is 5.75 Å². The fraction of sp³-hybridized carbons (Fsp3) is 0.278.